The SMILES string of the molecule is CC(C)CC(=O)c1c(O)cc(O)c2c1O[C@@]1(C2)Oc2c(C(=O)CC(C)C)c(O)cc(O)c2[C@H]1Cc1cc2c(O)c(C(=O)CC(C)C)c(O)cc2o1. The summed E-state index contributed by atoms with van der Waals surface area (Å²) in [6, 6.07) is 4.81. The smallest absolute Gasteiger partial charge is 0.263 e. The van der Waals surface area contributed by atoms with Gasteiger partial charge in [0.15, 0.2) is 17.3 Å². The molecule has 6 rings (SSSR count). The topological polar surface area (TPSA) is 204 Å². The maximum atomic E-state index is 13.5. The lowest BCUT2D eigenvalue weighted by Gasteiger charge is -2.29. The number of carbonyl (C=O) groups is 3. The van der Waals surface area contributed by atoms with Crippen LogP contribution in [0.4, 0.5) is 0 Å². The Kier molecular flexibility index (Phi) is 8.85. The summed E-state index contributed by atoms with van der Waals surface area (Å²) in [5.74, 6) is -7.22. The normalized spacial score (nSPS) is 17.7. The van der Waals surface area contributed by atoms with Crippen LogP contribution < -0.4 is 9.47 Å². The molecule has 270 valence electrons. The van der Waals surface area contributed by atoms with Crippen molar-refractivity contribution in [2.45, 2.75) is 85.4 Å². The lowest BCUT2D eigenvalue weighted by atomic mass is 9.84. The Morgan fingerprint density at radius 1 is 0.667 bits per heavy atom. The van der Waals surface area contributed by atoms with E-state index in [2.05, 4.69) is 0 Å². The first-order chi connectivity index (χ1) is 23.9. The third kappa shape index (κ3) is 6.06. The van der Waals surface area contributed by atoms with Gasteiger partial charge in [-0.1, -0.05) is 41.5 Å². The van der Waals surface area contributed by atoms with Crippen molar-refractivity contribution in [1.29, 1.82) is 0 Å². The van der Waals surface area contributed by atoms with Gasteiger partial charge in [0.05, 0.1) is 17.7 Å². The van der Waals surface area contributed by atoms with E-state index in [1.165, 1.54) is 12.1 Å². The third-order valence-corrected chi connectivity index (χ3v) is 9.32. The van der Waals surface area contributed by atoms with Crippen molar-refractivity contribution < 1.29 is 58.9 Å². The van der Waals surface area contributed by atoms with Gasteiger partial charge in [0.1, 0.15) is 74.0 Å². The Hall–Kier alpha value is -5.39. The molecule has 6 N–H and O–H groups in total. The number of hydrogen-bond donors (Lipinski definition) is 6. The highest BCUT2D eigenvalue weighted by Crippen LogP contribution is 2.60. The molecule has 51 heavy (non-hydrogen) atoms. The highest BCUT2D eigenvalue weighted by Gasteiger charge is 2.59. The number of furan rings is 1. The van der Waals surface area contributed by atoms with Crippen LogP contribution in [0.5, 0.6) is 46.0 Å². The molecule has 2 atom stereocenters. The molecule has 12 nitrogen and oxygen atoms in total. The fraction of sp³-hybridized carbons (Fsp3) is 0.410. The van der Waals surface area contributed by atoms with Gasteiger partial charge in [0.25, 0.3) is 5.79 Å². The molecule has 0 aliphatic carbocycles. The molecule has 0 radical (unpaired) electrons. The zero-order valence-corrected chi connectivity index (χ0v) is 29.3. The molecule has 3 heterocycles. The van der Waals surface area contributed by atoms with E-state index in [9.17, 15) is 45.0 Å². The second-order valence-corrected chi connectivity index (χ2v) is 14.9. The Labute approximate surface area is 293 Å². The van der Waals surface area contributed by atoms with E-state index in [4.69, 9.17) is 13.9 Å². The molecule has 2 aliphatic heterocycles. The molecule has 3 aromatic carbocycles. The third-order valence-electron chi connectivity index (χ3n) is 9.32. The highest BCUT2D eigenvalue weighted by molar-refractivity contribution is 6.07. The first-order valence-electron chi connectivity index (χ1n) is 17.0. The number of fused-ring (bicyclic) bond motifs is 3. The van der Waals surface area contributed by atoms with Crippen LogP contribution in [-0.4, -0.2) is 53.8 Å². The summed E-state index contributed by atoms with van der Waals surface area (Å²) in [5, 5.41) is 66.2. The van der Waals surface area contributed by atoms with Crippen molar-refractivity contribution in [3.05, 3.63) is 57.8 Å². The van der Waals surface area contributed by atoms with Crippen molar-refractivity contribution in [3.63, 3.8) is 0 Å². The lowest BCUT2D eigenvalue weighted by Crippen LogP contribution is -2.44. The summed E-state index contributed by atoms with van der Waals surface area (Å²) in [7, 11) is 0. The number of rotatable bonds is 11. The van der Waals surface area contributed by atoms with Crippen LogP contribution in [0.25, 0.3) is 11.0 Å². The van der Waals surface area contributed by atoms with E-state index >= 15 is 0 Å². The quantitative estimate of drug-likeness (QED) is 0.0846. The summed E-state index contributed by atoms with van der Waals surface area (Å²) < 4.78 is 19.0. The molecule has 4 aromatic rings. The summed E-state index contributed by atoms with van der Waals surface area (Å²) >= 11 is 0. The molecular formula is C39H42O12. The van der Waals surface area contributed by atoms with Gasteiger partial charge in [-0.05, 0) is 23.8 Å². The van der Waals surface area contributed by atoms with Crippen LogP contribution in [-0.2, 0) is 12.8 Å². The van der Waals surface area contributed by atoms with E-state index in [1.807, 2.05) is 41.5 Å². The van der Waals surface area contributed by atoms with Gasteiger partial charge in [0.2, 0.25) is 0 Å². The molecule has 12 heteroatoms. The molecule has 0 amide bonds. The van der Waals surface area contributed by atoms with Gasteiger partial charge >= 0.3 is 0 Å². The van der Waals surface area contributed by atoms with E-state index in [0.717, 1.165) is 12.1 Å². The Morgan fingerprint density at radius 2 is 1.16 bits per heavy atom. The monoisotopic (exact) mass is 702 g/mol. The van der Waals surface area contributed by atoms with Crippen LogP contribution >= 0.6 is 0 Å². The van der Waals surface area contributed by atoms with Crippen molar-refractivity contribution >= 4 is 28.3 Å². The maximum absolute atomic E-state index is 13.5. The van der Waals surface area contributed by atoms with Gasteiger partial charge in [-0.25, -0.2) is 0 Å². The molecule has 1 spiro atoms. The largest absolute Gasteiger partial charge is 0.507 e. The summed E-state index contributed by atoms with van der Waals surface area (Å²) in [6.45, 7) is 11.0. The predicted octanol–water partition coefficient (Wildman–Crippen LogP) is 7.40. The first kappa shape index (κ1) is 35.4. The lowest BCUT2D eigenvalue weighted by molar-refractivity contribution is -0.100. The number of Topliss-reactive ketones (excluding diaryl/α,β-unsaturated/α-hetero) is 3. The average Bonchev–Trinajstić information content (AvgIpc) is 3.66. The standard InChI is InChI=1S/C39H42O12/c1-16(2)7-24(41)33-30(47)14-31-20(36(33)48)10-19(49-31)11-22-32-27(44)13-29(46)35(26(43)9-18(5)6)38(32)51-39(22)15-21-23(40)12-28(45)34(37(21)50-39)25(42)8-17(3)4/h10,12-14,16-18,22,40,44-48H,7-9,11,15H2,1-6H3/t22-,39+/m1/s1. The Bertz CT molecular complexity index is 2100. The van der Waals surface area contributed by atoms with Crippen LogP contribution in [0.15, 0.2) is 28.7 Å². The number of benzene rings is 3. The van der Waals surface area contributed by atoms with Crippen LogP contribution in [0.3, 0.4) is 0 Å². The number of ketones is 3. The van der Waals surface area contributed by atoms with E-state index in [0.29, 0.717) is 0 Å². The van der Waals surface area contributed by atoms with Crippen LogP contribution in [0, 0.1) is 17.8 Å². The minimum atomic E-state index is -1.84. The molecule has 2 aliphatic rings. The van der Waals surface area contributed by atoms with Gasteiger partial charge in [0, 0.05) is 55.0 Å². The number of ether oxygens (including phenoxy) is 2. The first-order valence-corrected chi connectivity index (χ1v) is 17.0. The minimum Gasteiger partial charge on any atom is -0.507 e. The number of hydrogen-bond acceptors (Lipinski definition) is 12. The van der Waals surface area contributed by atoms with Crippen LogP contribution in [0.1, 0.15) is 115 Å². The second-order valence-electron chi connectivity index (χ2n) is 14.9. The van der Waals surface area contributed by atoms with Gasteiger partial charge < -0.3 is 44.5 Å². The summed E-state index contributed by atoms with van der Waals surface area (Å²) in [4.78, 5) is 39.9. The second kappa shape index (κ2) is 12.7. The zero-order chi connectivity index (χ0) is 37.3. The molecule has 0 bridgehead atoms. The Balaban J connectivity index is 1.52. The van der Waals surface area contributed by atoms with Gasteiger partial charge in [-0.3, -0.25) is 14.4 Å². The van der Waals surface area contributed by atoms with Crippen molar-refractivity contribution in [1.82, 2.24) is 0 Å². The van der Waals surface area contributed by atoms with Gasteiger partial charge in [-0.2, -0.15) is 0 Å². The molecular weight excluding hydrogens is 660 g/mol. The van der Waals surface area contributed by atoms with Gasteiger partial charge in [-0.15, -0.1) is 0 Å². The number of carbonyl (C=O) groups excluding carboxylic acids is 3. The average molecular weight is 703 g/mol. The maximum Gasteiger partial charge on any atom is 0.263 e. The predicted molar refractivity (Wildman–Crippen MR) is 185 cm³/mol. The number of aromatic hydroxyl groups is 6. The summed E-state index contributed by atoms with van der Waals surface area (Å²) in [5.41, 5.74) is -0.265. The number of phenols is 6. The highest BCUT2D eigenvalue weighted by atomic mass is 16.7. The summed E-state index contributed by atoms with van der Waals surface area (Å²) in [6.07, 6.45) is -0.163. The van der Waals surface area contributed by atoms with E-state index < -0.39 is 57.8 Å². The van der Waals surface area contributed by atoms with Crippen LogP contribution in [0.2, 0.25) is 0 Å². The van der Waals surface area contributed by atoms with Crippen molar-refractivity contribution in [3.8, 4) is 46.0 Å². The van der Waals surface area contributed by atoms with E-state index in [-0.39, 0.29) is 112 Å². The molecule has 0 unspecified atom stereocenters. The van der Waals surface area contributed by atoms with Crippen molar-refractivity contribution in [2.75, 3.05) is 0 Å². The minimum absolute atomic E-state index is 0.0342. The Morgan fingerprint density at radius 3 is 1.73 bits per heavy atom. The molecule has 1 aromatic heterocycles. The zero-order valence-electron chi connectivity index (χ0n) is 29.3. The molecule has 0 fully saturated rings. The fourth-order valence-corrected chi connectivity index (χ4v) is 7.21. The van der Waals surface area contributed by atoms with Crippen molar-refractivity contribution in [2.24, 2.45) is 17.8 Å². The molecule has 0 saturated carbocycles. The molecule has 0 saturated heterocycles. The van der Waals surface area contributed by atoms with E-state index in [1.54, 1.807) is 0 Å². The number of phenolic OH excluding ortho intramolecular Hbond substituents is 6. The fourth-order valence-electron chi connectivity index (χ4n) is 7.21.